The summed E-state index contributed by atoms with van der Waals surface area (Å²) in [7, 11) is 1.64. The van der Waals surface area contributed by atoms with Crippen molar-refractivity contribution < 1.29 is 24.1 Å². The molecule has 1 rings (SSSR count). The van der Waals surface area contributed by atoms with Gasteiger partial charge in [0.1, 0.15) is 12.4 Å². The highest BCUT2D eigenvalue weighted by atomic mass is 16.5. The van der Waals surface area contributed by atoms with Crippen molar-refractivity contribution in [1.82, 2.24) is 0 Å². The van der Waals surface area contributed by atoms with E-state index in [9.17, 15) is 4.79 Å². The fourth-order valence-electron chi connectivity index (χ4n) is 1.41. The van der Waals surface area contributed by atoms with E-state index in [0.29, 0.717) is 37.9 Å². The van der Waals surface area contributed by atoms with Crippen LogP contribution in [-0.4, -0.2) is 44.6 Å². The first-order chi connectivity index (χ1) is 9.15. The minimum absolute atomic E-state index is 0.144. The van der Waals surface area contributed by atoms with Crippen molar-refractivity contribution in [3.8, 4) is 5.75 Å². The van der Waals surface area contributed by atoms with Crippen molar-refractivity contribution in [3.63, 3.8) is 0 Å². The zero-order valence-electron chi connectivity index (χ0n) is 10.9. The van der Waals surface area contributed by atoms with Gasteiger partial charge in [0.05, 0.1) is 17.9 Å². The zero-order chi connectivity index (χ0) is 14.1. The van der Waals surface area contributed by atoms with Crippen LogP contribution in [0, 0.1) is 0 Å². The van der Waals surface area contributed by atoms with E-state index in [0.717, 1.165) is 6.42 Å². The summed E-state index contributed by atoms with van der Waals surface area (Å²) in [5.41, 5.74) is 6.25. The van der Waals surface area contributed by atoms with Crippen LogP contribution in [0.2, 0.25) is 0 Å². The van der Waals surface area contributed by atoms with Gasteiger partial charge in [-0.25, -0.2) is 4.79 Å². The number of hydrogen-bond donors (Lipinski definition) is 2. The van der Waals surface area contributed by atoms with Crippen LogP contribution in [0.1, 0.15) is 16.8 Å². The van der Waals surface area contributed by atoms with Crippen molar-refractivity contribution in [2.24, 2.45) is 0 Å². The molecule has 0 atom stereocenters. The average molecular weight is 269 g/mol. The average Bonchev–Trinajstić information content (AvgIpc) is 2.39. The summed E-state index contributed by atoms with van der Waals surface area (Å²) in [5, 5.41) is 8.86. The van der Waals surface area contributed by atoms with Gasteiger partial charge in [-0.15, -0.1) is 0 Å². The number of hydrogen-bond acceptors (Lipinski definition) is 5. The van der Waals surface area contributed by atoms with E-state index in [4.69, 9.17) is 25.1 Å². The topological polar surface area (TPSA) is 91.0 Å². The van der Waals surface area contributed by atoms with Gasteiger partial charge in [-0.2, -0.15) is 0 Å². The number of carboxylic acid groups (broad SMARTS) is 1. The van der Waals surface area contributed by atoms with Crippen molar-refractivity contribution >= 4 is 11.7 Å². The first kappa shape index (κ1) is 15.3. The summed E-state index contributed by atoms with van der Waals surface area (Å²) >= 11 is 0. The molecule has 6 nitrogen and oxygen atoms in total. The molecule has 0 spiro atoms. The number of anilines is 1. The van der Waals surface area contributed by atoms with E-state index in [1.807, 2.05) is 0 Å². The summed E-state index contributed by atoms with van der Waals surface area (Å²) in [6.07, 6.45) is 0.827. The lowest BCUT2D eigenvalue weighted by Crippen LogP contribution is -2.10. The fraction of sp³-hybridized carbons (Fsp3) is 0.462. The zero-order valence-corrected chi connectivity index (χ0v) is 10.9. The normalized spacial score (nSPS) is 10.4. The Hall–Kier alpha value is -1.79. The molecular formula is C13H19NO5. The van der Waals surface area contributed by atoms with Crippen LogP contribution in [0.15, 0.2) is 18.2 Å². The second kappa shape index (κ2) is 8.34. The first-order valence-corrected chi connectivity index (χ1v) is 5.97. The van der Waals surface area contributed by atoms with E-state index in [1.165, 1.54) is 18.2 Å². The molecule has 0 aliphatic rings. The number of carbonyl (C=O) groups is 1. The van der Waals surface area contributed by atoms with Crippen LogP contribution >= 0.6 is 0 Å². The summed E-state index contributed by atoms with van der Waals surface area (Å²) in [5.74, 6) is -0.652. The Morgan fingerprint density at radius 3 is 2.74 bits per heavy atom. The Kier molecular flexibility index (Phi) is 6.70. The third kappa shape index (κ3) is 5.58. The van der Waals surface area contributed by atoms with Gasteiger partial charge in [-0.3, -0.25) is 0 Å². The highest BCUT2D eigenvalue weighted by Crippen LogP contribution is 2.22. The number of rotatable bonds is 9. The van der Waals surface area contributed by atoms with Crippen LogP contribution in [-0.2, 0) is 9.47 Å². The van der Waals surface area contributed by atoms with Gasteiger partial charge in [-0.1, -0.05) is 0 Å². The summed E-state index contributed by atoms with van der Waals surface area (Å²) in [6.45, 7) is 2.00. The SMILES string of the molecule is COCCCOCCOc1cc(C(=O)O)ccc1N. The highest BCUT2D eigenvalue weighted by Gasteiger charge is 2.07. The van der Waals surface area contributed by atoms with Crippen LogP contribution in [0.4, 0.5) is 5.69 Å². The molecule has 0 saturated heterocycles. The van der Waals surface area contributed by atoms with Crippen molar-refractivity contribution in [2.45, 2.75) is 6.42 Å². The van der Waals surface area contributed by atoms with E-state index in [2.05, 4.69) is 0 Å². The van der Waals surface area contributed by atoms with Crippen molar-refractivity contribution in [2.75, 3.05) is 39.3 Å². The lowest BCUT2D eigenvalue weighted by Gasteiger charge is -2.10. The summed E-state index contributed by atoms with van der Waals surface area (Å²) < 4.78 is 15.6. The maximum absolute atomic E-state index is 10.8. The maximum atomic E-state index is 10.8. The summed E-state index contributed by atoms with van der Waals surface area (Å²) in [4.78, 5) is 10.8. The van der Waals surface area contributed by atoms with Crippen LogP contribution in [0.5, 0.6) is 5.75 Å². The molecule has 0 fully saturated rings. The largest absolute Gasteiger partial charge is 0.489 e. The molecule has 0 saturated carbocycles. The Morgan fingerprint density at radius 1 is 1.26 bits per heavy atom. The molecule has 19 heavy (non-hydrogen) atoms. The second-order valence-corrected chi connectivity index (χ2v) is 3.86. The van der Waals surface area contributed by atoms with Crippen molar-refractivity contribution in [3.05, 3.63) is 23.8 Å². The lowest BCUT2D eigenvalue weighted by molar-refractivity contribution is 0.0695. The van der Waals surface area contributed by atoms with E-state index >= 15 is 0 Å². The molecule has 6 heteroatoms. The molecule has 0 aromatic heterocycles. The number of nitrogens with two attached hydrogens (primary N) is 1. The standard InChI is InChI=1S/C13H19NO5/c1-17-5-2-6-18-7-8-19-12-9-10(13(15)16)3-4-11(12)14/h3-4,9H,2,5-8,14H2,1H3,(H,15,16). The summed E-state index contributed by atoms with van der Waals surface area (Å²) in [6, 6.07) is 4.35. The molecule has 106 valence electrons. The molecular weight excluding hydrogens is 250 g/mol. The highest BCUT2D eigenvalue weighted by molar-refractivity contribution is 5.89. The minimum Gasteiger partial charge on any atom is -0.489 e. The first-order valence-electron chi connectivity index (χ1n) is 5.97. The van der Waals surface area contributed by atoms with Crippen LogP contribution in [0.25, 0.3) is 0 Å². The molecule has 3 N–H and O–H groups in total. The lowest BCUT2D eigenvalue weighted by atomic mass is 10.2. The van der Waals surface area contributed by atoms with Crippen LogP contribution in [0.3, 0.4) is 0 Å². The van der Waals surface area contributed by atoms with E-state index in [-0.39, 0.29) is 5.56 Å². The molecule has 0 heterocycles. The van der Waals surface area contributed by atoms with Gasteiger partial charge >= 0.3 is 5.97 Å². The van der Waals surface area contributed by atoms with Gasteiger partial charge in [0.25, 0.3) is 0 Å². The monoisotopic (exact) mass is 269 g/mol. The minimum atomic E-state index is -1.01. The Morgan fingerprint density at radius 2 is 2.05 bits per heavy atom. The number of aromatic carboxylic acids is 1. The van der Waals surface area contributed by atoms with E-state index in [1.54, 1.807) is 7.11 Å². The molecule has 1 aromatic carbocycles. The Balaban J connectivity index is 2.32. The molecule has 0 aliphatic heterocycles. The van der Waals surface area contributed by atoms with Gasteiger partial charge in [0, 0.05) is 20.3 Å². The third-order valence-electron chi connectivity index (χ3n) is 2.38. The quantitative estimate of drug-likeness (QED) is 0.520. The van der Waals surface area contributed by atoms with Crippen molar-refractivity contribution in [1.29, 1.82) is 0 Å². The smallest absolute Gasteiger partial charge is 0.335 e. The predicted octanol–water partition coefficient (Wildman–Crippen LogP) is 1.40. The van der Waals surface area contributed by atoms with Gasteiger partial charge in [-0.05, 0) is 24.6 Å². The van der Waals surface area contributed by atoms with Gasteiger partial charge in [0.15, 0.2) is 0 Å². The molecule has 0 unspecified atom stereocenters. The van der Waals surface area contributed by atoms with Crippen LogP contribution < -0.4 is 10.5 Å². The molecule has 0 radical (unpaired) electrons. The number of ether oxygens (including phenoxy) is 3. The Bertz CT molecular complexity index is 408. The van der Waals surface area contributed by atoms with Gasteiger partial charge < -0.3 is 25.1 Å². The number of benzene rings is 1. The van der Waals surface area contributed by atoms with Gasteiger partial charge in [0.2, 0.25) is 0 Å². The molecule has 1 aromatic rings. The third-order valence-corrected chi connectivity index (χ3v) is 2.38. The second-order valence-electron chi connectivity index (χ2n) is 3.86. The van der Waals surface area contributed by atoms with E-state index < -0.39 is 5.97 Å². The molecule has 0 aliphatic carbocycles. The fourth-order valence-corrected chi connectivity index (χ4v) is 1.41. The predicted molar refractivity (Wildman–Crippen MR) is 70.6 cm³/mol. The number of nitrogen functional groups attached to an aromatic ring is 1. The maximum Gasteiger partial charge on any atom is 0.335 e. The molecule has 0 bridgehead atoms. The Labute approximate surface area is 112 Å². The molecule has 0 amide bonds. The number of carboxylic acids is 1. The number of methoxy groups -OCH3 is 1.